The molecule has 1 saturated carbocycles. The van der Waals surface area contributed by atoms with Gasteiger partial charge < -0.3 is 19.9 Å². The van der Waals surface area contributed by atoms with Crippen molar-refractivity contribution in [3.8, 4) is 5.75 Å². The highest BCUT2D eigenvalue weighted by Crippen LogP contribution is 2.48. The number of methoxy groups -OCH3 is 1. The van der Waals surface area contributed by atoms with Crippen molar-refractivity contribution in [1.29, 1.82) is 0 Å². The maximum atomic E-state index is 14.0. The summed E-state index contributed by atoms with van der Waals surface area (Å²) in [6, 6.07) is 13.8. The molecule has 1 heterocycles. The summed E-state index contributed by atoms with van der Waals surface area (Å²) < 4.78 is 19.3. The standard InChI is InChI=1S/C22H24FN3O3/c1-29-19-9-5-3-7-17(19)24-20(27)22(10-11-22)21(28)26-14-12-25(13-15-26)18-8-4-2-6-16(18)23/h2-9H,10-15H2,1H3,(H,24,27). The van der Waals surface area contributed by atoms with Crippen LogP contribution in [0.2, 0.25) is 0 Å². The van der Waals surface area contributed by atoms with E-state index in [1.54, 1.807) is 35.2 Å². The maximum Gasteiger partial charge on any atom is 0.240 e. The first-order valence-electron chi connectivity index (χ1n) is 9.78. The van der Waals surface area contributed by atoms with Gasteiger partial charge in [-0.1, -0.05) is 24.3 Å². The van der Waals surface area contributed by atoms with Gasteiger partial charge in [-0.25, -0.2) is 4.39 Å². The number of benzene rings is 2. The highest BCUT2D eigenvalue weighted by atomic mass is 19.1. The molecule has 1 saturated heterocycles. The van der Waals surface area contributed by atoms with Crippen molar-refractivity contribution < 1.29 is 18.7 Å². The Balaban J connectivity index is 1.41. The van der Waals surface area contributed by atoms with Crippen LogP contribution in [0.1, 0.15) is 12.8 Å². The molecule has 1 aliphatic heterocycles. The summed E-state index contributed by atoms with van der Waals surface area (Å²) in [5, 5.41) is 2.85. The molecule has 0 bridgehead atoms. The lowest BCUT2D eigenvalue weighted by molar-refractivity contribution is -0.142. The molecule has 2 aromatic carbocycles. The number of carbonyl (C=O) groups is 2. The van der Waals surface area contributed by atoms with E-state index in [1.165, 1.54) is 13.2 Å². The molecule has 1 aliphatic carbocycles. The second-order valence-corrected chi connectivity index (χ2v) is 7.47. The molecule has 2 fully saturated rings. The zero-order valence-corrected chi connectivity index (χ0v) is 16.4. The van der Waals surface area contributed by atoms with Gasteiger partial charge in [0.25, 0.3) is 0 Å². The Bertz CT molecular complexity index is 921. The molecule has 152 valence electrons. The van der Waals surface area contributed by atoms with Crippen LogP contribution in [0.5, 0.6) is 5.75 Å². The molecule has 1 N–H and O–H groups in total. The minimum atomic E-state index is -0.999. The third kappa shape index (κ3) is 3.64. The number of carbonyl (C=O) groups excluding carboxylic acids is 2. The van der Waals surface area contributed by atoms with Crippen LogP contribution in [0.15, 0.2) is 48.5 Å². The smallest absolute Gasteiger partial charge is 0.240 e. The molecule has 2 amide bonds. The van der Waals surface area contributed by atoms with Crippen LogP contribution in [-0.4, -0.2) is 50.0 Å². The fraction of sp³-hybridized carbons (Fsp3) is 0.364. The fourth-order valence-electron chi connectivity index (χ4n) is 3.81. The third-order valence-corrected chi connectivity index (χ3v) is 5.71. The normalized spacial score (nSPS) is 17.6. The largest absolute Gasteiger partial charge is 0.495 e. The maximum absolute atomic E-state index is 14.0. The van der Waals surface area contributed by atoms with E-state index in [9.17, 15) is 14.0 Å². The number of amides is 2. The summed E-state index contributed by atoms with van der Waals surface area (Å²) in [5.74, 6) is -0.133. The molecule has 6 nitrogen and oxygen atoms in total. The number of halogens is 1. The SMILES string of the molecule is COc1ccccc1NC(=O)C1(C(=O)N2CCN(c3ccccc3F)CC2)CC1. The van der Waals surface area contributed by atoms with Crippen molar-refractivity contribution in [2.75, 3.05) is 43.5 Å². The van der Waals surface area contributed by atoms with E-state index >= 15 is 0 Å². The molecule has 0 spiro atoms. The topological polar surface area (TPSA) is 61.9 Å². The Morgan fingerprint density at radius 2 is 1.66 bits per heavy atom. The van der Waals surface area contributed by atoms with Gasteiger partial charge in [0.05, 0.1) is 18.5 Å². The predicted molar refractivity (Wildman–Crippen MR) is 108 cm³/mol. The van der Waals surface area contributed by atoms with Gasteiger partial charge in [0.1, 0.15) is 17.0 Å². The van der Waals surface area contributed by atoms with Crippen molar-refractivity contribution in [2.45, 2.75) is 12.8 Å². The van der Waals surface area contributed by atoms with Gasteiger partial charge >= 0.3 is 0 Å². The second-order valence-electron chi connectivity index (χ2n) is 7.47. The number of rotatable bonds is 5. The molecule has 29 heavy (non-hydrogen) atoms. The van der Waals surface area contributed by atoms with E-state index in [-0.39, 0.29) is 17.6 Å². The van der Waals surface area contributed by atoms with Gasteiger partial charge in [0.2, 0.25) is 11.8 Å². The van der Waals surface area contributed by atoms with Gasteiger partial charge in [-0.2, -0.15) is 0 Å². The van der Waals surface area contributed by atoms with E-state index in [0.29, 0.717) is 56.1 Å². The number of hydrogen-bond donors (Lipinski definition) is 1. The number of piperazine rings is 1. The summed E-state index contributed by atoms with van der Waals surface area (Å²) in [7, 11) is 1.54. The average Bonchev–Trinajstić information content (AvgIpc) is 3.56. The van der Waals surface area contributed by atoms with Gasteiger partial charge in [-0.05, 0) is 37.1 Å². The van der Waals surface area contributed by atoms with Crippen molar-refractivity contribution in [3.05, 3.63) is 54.3 Å². The summed E-state index contributed by atoms with van der Waals surface area (Å²) >= 11 is 0. The van der Waals surface area contributed by atoms with Crippen LogP contribution in [-0.2, 0) is 9.59 Å². The van der Waals surface area contributed by atoms with Crippen molar-refractivity contribution in [2.24, 2.45) is 5.41 Å². The monoisotopic (exact) mass is 397 g/mol. The zero-order valence-electron chi connectivity index (χ0n) is 16.4. The van der Waals surface area contributed by atoms with Crippen molar-refractivity contribution >= 4 is 23.2 Å². The van der Waals surface area contributed by atoms with Gasteiger partial charge in [0.15, 0.2) is 0 Å². The van der Waals surface area contributed by atoms with Crippen LogP contribution >= 0.6 is 0 Å². The summed E-state index contributed by atoms with van der Waals surface area (Å²) in [6.45, 7) is 2.02. The number of hydrogen-bond acceptors (Lipinski definition) is 4. The molecule has 2 aliphatic rings. The number of ether oxygens (including phenoxy) is 1. The molecule has 0 unspecified atom stereocenters. The van der Waals surface area contributed by atoms with Gasteiger partial charge in [-0.3, -0.25) is 9.59 Å². The van der Waals surface area contributed by atoms with Crippen LogP contribution in [0.4, 0.5) is 15.8 Å². The van der Waals surface area contributed by atoms with Crippen LogP contribution in [0.25, 0.3) is 0 Å². The minimum Gasteiger partial charge on any atom is -0.495 e. The van der Waals surface area contributed by atoms with E-state index in [2.05, 4.69) is 5.32 Å². The first-order chi connectivity index (χ1) is 14.0. The molecule has 0 radical (unpaired) electrons. The zero-order chi connectivity index (χ0) is 20.4. The van der Waals surface area contributed by atoms with E-state index in [1.807, 2.05) is 17.0 Å². The van der Waals surface area contributed by atoms with E-state index in [4.69, 9.17) is 4.74 Å². The molecule has 4 rings (SSSR count). The lowest BCUT2D eigenvalue weighted by Crippen LogP contribution is -2.52. The highest BCUT2D eigenvalue weighted by Gasteiger charge is 2.58. The lowest BCUT2D eigenvalue weighted by atomic mass is 10.0. The Kier molecular flexibility index (Phi) is 5.13. The number of para-hydroxylation sites is 3. The van der Waals surface area contributed by atoms with Gasteiger partial charge in [-0.15, -0.1) is 0 Å². The predicted octanol–water partition coefficient (Wildman–Crippen LogP) is 2.90. The van der Waals surface area contributed by atoms with Crippen LogP contribution < -0.4 is 15.0 Å². The first kappa shape index (κ1) is 19.2. The molecule has 2 aromatic rings. The molecule has 7 heteroatoms. The Morgan fingerprint density at radius 3 is 2.31 bits per heavy atom. The summed E-state index contributed by atoms with van der Waals surface area (Å²) in [6.07, 6.45) is 1.08. The second kappa shape index (κ2) is 7.73. The summed E-state index contributed by atoms with van der Waals surface area (Å²) in [4.78, 5) is 29.7. The average molecular weight is 397 g/mol. The Labute approximate surface area is 169 Å². The third-order valence-electron chi connectivity index (χ3n) is 5.71. The molecule has 0 aromatic heterocycles. The number of nitrogens with one attached hydrogen (secondary N) is 1. The van der Waals surface area contributed by atoms with Crippen molar-refractivity contribution in [3.63, 3.8) is 0 Å². The number of nitrogens with zero attached hydrogens (tertiary/aromatic N) is 2. The highest BCUT2D eigenvalue weighted by molar-refractivity contribution is 6.13. The first-order valence-corrected chi connectivity index (χ1v) is 9.78. The Morgan fingerprint density at radius 1 is 1.00 bits per heavy atom. The molecular weight excluding hydrogens is 373 g/mol. The van der Waals surface area contributed by atoms with Crippen LogP contribution in [0.3, 0.4) is 0 Å². The van der Waals surface area contributed by atoms with Crippen molar-refractivity contribution in [1.82, 2.24) is 4.90 Å². The van der Waals surface area contributed by atoms with Gasteiger partial charge in [0, 0.05) is 26.2 Å². The van der Waals surface area contributed by atoms with E-state index in [0.717, 1.165) is 0 Å². The Hall–Kier alpha value is -3.09. The quantitative estimate of drug-likeness (QED) is 0.788. The number of anilines is 2. The fourth-order valence-corrected chi connectivity index (χ4v) is 3.81. The molecular formula is C22H24FN3O3. The van der Waals surface area contributed by atoms with E-state index < -0.39 is 5.41 Å². The summed E-state index contributed by atoms with van der Waals surface area (Å²) in [5.41, 5.74) is 0.110. The van der Waals surface area contributed by atoms with Crippen LogP contribution in [0, 0.1) is 11.2 Å². The molecule has 0 atom stereocenters. The minimum absolute atomic E-state index is 0.141. The lowest BCUT2D eigenvalue weighted by Gasteiger charge is -2.37.